The van der Waals surface area contributed by atoms with E-state index in [4.69, 9.17) is 0 Å². The van der Waals surface area contributed by atoms with E-state index in [1.807, 2.05) is 0 Å². The zero-order valence-corrected chi connectivity index (χ0v) is 7.73. The quantitative estimate of drug-likeness (QED) is 0.751. The Bertz CT molecular complexity index is 347. The molecule has 2 N–H and O–H groups in total. The summed E-state index contributed by atoms with van der Waals surface area (Å²) in [4.78, 5) is 10.6. The number of rotatable bonds is 2. The molecule has 14 heavy (non-hydrogen) atoms. The highest BCUT2D eigenvalue weighted by molar-refractivity contribution is 5.70. The third-order valence-corrected chi connectivity index (χ3v) is 1.59. The molecule has 0 atom stereocenters. The minimum Gasteiger partial charge on any atom is -0.507 e. The van der Waals surface area contributed by atoms with Crippen molar-refractivity contribution in [1.82, 2.24) is 5.32 Å². The molecule has 0 heterocycles. The van der Waals surface area contributed by atoms with Crippen LogP contribution in [0.15, 0.2) is 30.5 Å². The first kappa shape index (κ1) is 10.1. The molecule has 0 spiro atoms. The van der Waals surface area contributed by atoms with Crippen LogP contribution in [0.1, 0.15) is 5.56 Å². The number of para-hydroxylation sites is 1. The van der Waals surface area contributed by atoms with E-state index in [1.54, 1.807) is 30.3 Å². The van der Waals surface area contributed by atoms with Crippen LogP contribution in [0.2, 0.25) is 0 Å². The van der Waals surface area contributed by atoms with Crippen LogP contribution in [0.4, 0.5) is 4.79 Å². The topological polar surface area (TPSA) is 58.6 Å². The van der Waals surface area contributed by atoms with Gasteiger partial charge in [-0.05, 0) is 12.1 Å². The number of benzene rings is 1. The van der Waals surface area contributed by atoms with Crippen LogP contribution in [0, 0.1) is 0 Å². The maximum absolute atomic E-state index is 10.6. The molecule has 0 saturated heterocycles. The Morgan fingerprint density at radius 3 is 2.86 bits per heavy atom. The van der Waals surface area contributed by atoms with Crippen molar-refractivity contribution in [2.75, 3.05) is 7.11 Å². The summed E-state index contributed by atoms with van der Waals surface area (Å²) < 4.78 is 4.35. The van der Waals surface area contributed by atoms with Gasteiger partial charge in [0.05, 0.1) is 7.11 Å². The van der Waals surface area contributed by atoms with Gasteiger partial charge in [-0.3, -0.25) is 5.32 Å². The summed E-state index contributed by atoms with van der Waals surface area (Å²) in [5, 5.41) is 11.7. The lowest BCUT2D eigenvalue weighted by Gasteiger charge is -1.98. The van der Waals surface area contributed by atoms with Crippen LogP contribution >= 0.6 is 0 Å². The van der Waals surface area contributed by atoms with Crippen LogP contribution in [0.5, 0.6) is 5.75 Å². The third kappa shape index (κ3) is 2.82. The predicted molar refractivity (Wildman–Crippen MR) is 52.7 cm³/mol. The highest BCUT2D eigenvalue weighted by Gasteiger charge is 1.95. The van der Waals surface area contributed by atoms with Crippen molar-refractivity contribution in [3.8, 4) is 5.75 Å². The Kier molecular flexibility index (Phi) is 3.55. The largest absolute Gasteiger partial charge is 0.507 e. The van der Waals surface area contributed by atoms with E-state index in [-0.39, 0.29) is 5.75 Å². The van der Waals surface area contributed by atoms with Gasteiger partial charge in [-0.1, -0.05) is 18.2 Å². The number of hydrogen-bond acceptors (Lipinski definition) is 3. The van der Waals surface area contributed by atoms with Gasteiger partial charge in [0.25, 0.3) is 0 Å². The molecule has 0 aliphatic rings. The summed E-state index contributed by atoms with van der Waals surface area (Å²) in [5.41, 5.74) is 0.629. The molecule has 0 saturated carbocycles. The molecule has 1 rings (SSSR count). The van der Waals surface area contributed by atoms with Crippen LogP contribution in [0.25, 0.3) is 6.08 Å². The maximum Gasteiger partial charge on any atom is 0.410 e. The number of ether oxygens (including phenoxy) is 1. The molecule has 0 aromatic heterocycles. The first-order valence-electron chi connectivity index (χ1n) is 4.03. The number of carbonyl (C=O) groups is 1. The van der Waals surface area contributed by atoms with Crippen LogP contribution in [0.3, 0.4) is 0 Å². The highest BCUT2D eigenvalue weighted by Crippen LogP contribution is 2.16. The van der Waals surface area contributed by atoms with E-state index in [1.165, 1.54) is 13.3 Å². The van der Waals surface area contributed by atoms with E-state index < -0.39 is 6.09 Å². The molecule has 0 radical (unpaired) electrons. The molecule has 0 aliphatic heterocycles. The van der Waals surface area contributed by atoms with Gasteiger partial charge in [-0.25, -0.2) is 4.79 Å². The van der Waals surface area contributed by atoms with E-state index >= 15 is 0 Å². The molecule has 0 unspecified atom stereocenters. The van der Waals surface area contributed by atoms with Gasteiger partial charge >= 0.3 is 6.09 Å². The number of carbonyl (C=O) groups excluding carboxylic acids is 1. The van der Waals surface area contributed by atoms with E-state index in [2.05, 4.69) is 10.1 Å². The lowest BCUT2D eigenvalue weighted by molar-refractivity contribution is 0.175. The second kappa shape index (κ2) is 4.91. The minimum atomic E-state index is -0.545. The number of methoxy groups -OCH3 is 1. The summed E-state index contributed by atoms with van der Waals surface area (Å²) in [6.45, 7) is 0. The molecule has 1 aromatic rings. The zero-order valence-electron chi connectivity index (χ0n) is 7.73. The summed E-state index contributed by atoms with van der Waals surface area (Å²) in [5.74, 6) is 0.162. The molecule has 0 fully saturated rings. The summed E-state index contributed by atoms with van der Waals surface area (Å²) in [6.07, 6.45) is 2.43. The van der Waals surface area contributed by atoms with E-state index in [9.17, 15) is 9.90 Å². The van der Waals surface area contributed by atoms with Gasteiger partial charge in [0.2, 0.25) is 0 Å². The SMILES string of the molecule is COC(=O)NC=Cc1ccccc1O. The molecule has 0 aliphatic carbocycles. The molecule has 74 valence electrons. The van der Waals surface area contributed by atoms with Gasteiger partial charge < -0.3 is 9.84 Å². The van der Waals surface area contributed by atoms with Crippen LogP contribution < -0.4 is 5.32 Å². The number of alkyl carbamates (subject to hydrolysis) is 1. The fourth-order valence-corrected chi connectivity index (χ4v) is 0.887. The number of nitrogens with one attached hydrogen (secondary N) is 1. The summed E-state index contributed by atoms with van der Waals surface area (Å²) in [6, 6.07) is 6.81. The smallest absolute Gasteiger partial charge is 0.410 e. The normalized spacial score (nSPS) is 10.1. The van der Waals surface area contributed by atoms with Crippen molar-refractivity contribution >= 4 is 12.2 Å². The fourth-order valence-electron chi connectivity index (χ4n) is 0.887. The first-order valence-corrected chi connectivity index (χ1v) is 4.03. The average molecular weight is 193 g/mol. The van der Waals surface area contributed by atoms with Gasteiger partial charge in [0.15, 0.2) is 0 Å². The lowest BCUT2D eigenvalue weighted by Crippen LogP contribution is -2.15. The summed E-state index contributed by atoms with van der Waals surface area (Å²) >= 11 is 0. The Morgan fingerprint density at radius 2 is 2.21 bits per heavy atom. The molecular weight excluding hydrogens is 182 g/mol. The predicted octanol–water partition coefficient (Wildman–Crippen LogP) is 1.72. The molecule has 0 bridgehead atoms. The number of phenolic OH excluding ortho intramolecular Hbond substituents is 1. The Balaban J connectivity index is 2.60. The zero-order chi connectivity index (χ0) is 10.4. The van der Waals surface area contributed by atoms with Gasteiger partial charge in [-0.15, -0.1) is 0 Å². The molecule has 4 heteroatoms. The minimum absolute atomic E-state index is 0.162. The number of amides is 1. The Labute approximate surface area is 81.8 Å². The molecule has 1 amide bonds. The van der Waals surface area contributed by atoms with Crippen molar-refractivity contribution < 1.29 is 14.6 Å². The summed E-state index contributed by atoms with van der Waals surface area (Å²) in [7, 11) is 1.28. The third-order valence-electron chi connectivity index (χ3n) is 1.59. The van der Waals surface area contributed by atoms with Crippen molar-refractivity contribution in [2.45, 2.75) is 0 Å². The monoisotopic (exact) mass is 193 g/mol. The van der Waals surface area contributed by atoms with Gasteiger partial charge in [0, 0.05) is 11.8 Å². The van der Waals surface area contributed by atoms with E-state index in [0.717, 1.165) is 0 Å². The van der Waals surface area contributed by atoms with Crippen molar-refractivity contribution in [2.24, 2.45) is 0 Å². The molecule has 4 nitrogen and oxygen atoms in total. The van der Waals surface area contributed by atoms with Gasteiger partial charge in [-0.2, -0.15) is 0 Å². The second-order valence-corrected chi connectivity index (χ2v) is 2.53. The molecule has 1 aromatic carbocycles. The highest BCUT2D eigenvalue weighted by atomic mass is 16.5. The molecular formula is C10H11NO3. The van der Waals surface area contributed by atoms with Gasteiger partial charge in [0.1, 0.15) is 5.75 Å². The number of aromatic hydroxyl groups is 1. The first-order chi connectivity index (χ1) is 6.74. The Morgan fingerprint density at radius 1 is 1.50 bits per heavy atom. The standard InChI is InChI=1S/C10H11NO3/c1-14-10(13)11-7-6-8-4-2-3-5-9(8)12/h2-7,12H,1H3,(H,11,13). The lowest BCUT2D eigenvalue weighted by atomic mass is 10.2. The Hall–Kier alpha value is -1.97. The van der Waals surface area contributed by atoms with E-state index in [0.29, 0.717) is 5.56 Å². The number of hydrogen-bond donors (Lipinski definition) is 2. The van der Waals surface area contributed by atoms with Crippen molar-refractivity contribution in [3.63, 3.8) is 0 Å². The second-order valence-electron chi connectivity index (χ2n) is 2.53. The maximum atomic E-state index is 10.6. The van der Waals surface area contributed by atoms with Crippen molar-refractivity contribution in [3.05, 3.63) is 36.0 Å². The average Bonchev–Trinajstić information content (AvgIpc) is 2.20. The van der Waals surface area contributed by atoms with Crippen LogP contribution in [-0.4, -0.2) is 18.3 Å². The fraction of sp³-hybridized carbons (Fsp3) is 0.100. The van der Waals surface area contributed by atoms with Crippen molar-refractivity contribution in [1.29, 1.82) is 0 Å². The van der Waals surface area contributed by atoms with Crippen LogP contribution in [-0.2, 0) is 4.74 Å². The number of phenols is 1.